The highest BCUT2D eigenvalue weighted by atomic mass is 15.1. The fraction of sp³-hybridized carbons (Fsp3) is 0.926. The van der Waals surface area contributed by atoms with E-state index in [2.05, 4.69) is 37.8 Å². The topological polar surface area (TPSA) is 3.24 Å². The van der Waals surface area contributed by atoms with Crippen LogP contribution in [0.1, 0.15) is 143 Å². The Morgan fingerprint density at radius 2 is 0.786 bits per heavy atom. The van der Waals surface area contributed by atoms with Gasteiger partial charge in [0, 0.05) is 6.54 Å². The standard InChI is InChI=1S/C27H55N/c1-4-7-8-9-10-11-12-13-14-15-16-17-18-19-20-21-22-23-24-25-26-27-28(5-2)6-3/h25-26H,4-24,27H2,1-3H3. The summed E-state index contributed by atoms with van der Waals surface area (Å²) in [6.45, 7) is 10.3. The average molecular weight is 394 g/mol. The number of nitrogens with zero attached hydrogens (tertiary/aromatic N) is 1. The van der Waals surface area contributed by atoms with Crippen LogP contribution in [0.15, 0.2) is 12.2 Å². The Kier molecular flexibility index (Phi) is 24.5. The summed E-state index contributed by atoms with van der Waals surface area (Å²) in [4.78, 5) is 2.46. The zero-order valence-corrected chi connectivity index (χ0v) is 20.2. The third kappa shape index (κ3) is 22.0. The molecule has 0 bridgehead atoms. The summed E-state index contributed by atoms with van der Waals surface area (Å²) >= 11 is 0. The van der Waals surface area contributed by atoms with E-state index in [1.165, 1.54) is 135 Å². The number of hydrogen-bond donors (Lipinski definition) is 0. The summed E-state index contributed by atoms with van der Waals surface area (Å²) in [6, 6.07) is 0. The predicted octanol–water partition coefficient (Wildman–Crippen LogP) is 9.32. The van der Waals surface area contributed by atoms with Crippen LogP contribution >= 0.6 is 0 Å². The van der Waals surface area contributed by atoms with Gasteiger partial charge in [0.1, 0.15) is 0 Å². The molecule has 1 heteroatoms. The van der Waals surface area contributed by atoms with Crippen molar-refractivity contribution in [1.82, 2.24) is 4.90 Å². The van der Waals surface area contributed by atoms with Gasteiger partial charge >= 0.3 is 0 Å². The van der Waals surface area contributed by atoms with Crippen LogP contribution in [0.3, 0.4) is 0 Å². The lowest BCUT2D eigenvalue weighted by molar-refractivity contribution is 0.337. The van der Waals surface area contributed by atoms with Gasteiger partial charge in [-0.2, -0.15) is 0 Å². The third-order valence-electron chi connectivity index (χ3n) is 6.15. The Bertz CT molecular complexity index is 293. The second kappa shape index (κ2) is 24.7. The van der Waals surface area contributed by atoms with Crippen LogP contribution < -0.4 is 0 Å². The fourth-order valence-electron chi connectivity index (χ4n) is 3.99. The van der Waals surface area contributed by atoms with E-state index in [-0.39, 0.29) is 0 Å². The predicted molar refractivity (Wildman–Crippen MR) is 130 cm³/mol. The minimum Gasteiger partial charge on any atom is -0.300 e. The average Bonchev–Trinajstić information content (AvgIpc) is 2.72. The molecule has 0 aromatic heterocycles. The lowest BCUT2D eigenvalue weighted by Crippen LogP contribution is -2.22. The Labute approximate surface area is 179 Å². The molecule has 0 atom stereocenters. The van der Waals surface area contributed by atoms with Crippen molar-refractivity contribution >= 4 is 0 Å². The van der Waals surface area contributed by atoms with Crippen LogP contribution in [-0.4, -0.2) is 24.5 Å². The van der Waals surface area contributed by atoms with Gasteiger partial charge in [-0.05, 0) is 25.9 Å². The van der Waals surface area contributed by atoms with E-state index in [1.807, 2.05) is 0 Å². The second-order valence-electron chi connectivity index (χ2n) is 8.76. The Hall–Kier alpha value is -0.300. The molecule has 0 fully saturated rings. The SMILES string of the molecule is CCCCCCCCCCCCCCCCCCCCC=CCN(CC)CC. The van der Waals surface area contributed by atoms with Gasteiger partial charge in [0.05, 0.1) is 0 Å². The maximum atomic E-state index is 2.46. The summed E-state index contributed by atoms with van der Waals surface area (Å²) in [5, 5.41) is 0. The van der Waals surface area contributed by atoms with Gasteiger partial charge in [-0.1, -0.05) is 142 Å². The maximum Gasteiger partial charge on any atom is 0.0162 e. The van der Waals surface area contributed by atoms with E-state index in [4.69, 9.17) is 0 Å². The number of likely N-dealkylation sites (N-methyl/N-ethyl adjacent to an activating group) is 1. The quantitative estimate of drug-likeness (QED) is 0.123. The first kappa shape index (κ1) is 27.7. The number of allylic oxidation sites excluding steroid dienone is 1. The van der Waals surface area contributed by atoms with Crippen LogP contribution in [0.4, 0.5) is 0 Å². The van der Waals surface area contributed by atoms with E-state index in [0.29, 0.717) is 0 Å². The van der Waals surface area contributed by atoms with Gasteiger partial charge in [0.25, 0.3) is 0 Å². The summed E-state index contributed by atoms with van der Waals surface area (Å²) in [5.74, 6) is 0. The molecule has 0 radical (unpaired) electrons. The first-order valence-corrected chi connectivity index (χ1v) is 13.2. The molecule has 0 amide bonds. The van der Waals surface area contributed by atoms with Crippen LogP contribution in [0.5, 0.6) is 0 Å². The van der Waals surface area contributed by atoms with Crippen molar-refractivity contribution in [2.24, 2.45) is 0 Å². The molecule has 0 spiro atoms. The molecule has 0 N–H and O–H groups in total. The molecule has 0 aliphatic heterocycles. The second-order valence-corrected chi connectivity index (χ2v) is 8.76. The minimum absolute atomic E-state index is 1.13. The number of rotatable bonds is 23. The molecular weight excluding hydrogens is 338 g/mol. The van der Waals surface area contributed by atoms with Gasteiger partial charge in [-0.3, -0.25) is 0 Å². The monoisotopic (exact) mass is 393 g/mol. The van der Waals surface area contributed by atoms with Crippen LogP contribution in [-0.2, 0) is 0 Å². The summed E-state index contributed by atoms with van der Waals surface area (Å²) in [5.41, 5.74) is 0. The van der Waals surface area contributed by atoms with Crippen LogP contribution in [0.25, 0.3) is 0 Å². The van der Waals surface area contributed by atoms with Crippen molar-refractivity contribution in [2.75, 3.05) is 19.6 Å². The largest absolute Gasteiger partial charge is 0.300 e. The Morgan fingerprint density at radius 3 is 1.14 bits per heavy atom. The van der Waals surface area contributed by atoms with Crippen LogP contribution in [0, 0.1) is 0 Å². The molecule has 0 heterocycles. The van der Waals surface area contributed by atoms with Crippen molar-refractivity contribution in [3.05, 3.63) is 12.2 Å². The highest BCUT2D eigenvalue weighted by molar-refractivity contribution is 4.84. The van der Waals surface area contributed by atoms with Crippen molar-refractivity contribution in [3.63, 3.8) is 0 Å². The molecule has 0 aliphatic rings. The van der Waals surface area contributed by atoms with E-state index in [1.54, 1.807) is 0 Å². The van der Waals surface area contributed by atoms with E-state index in [9.17, 15) is 0 Å². The minimum atomic E-state index is 1.13. The third-order valence-corrected chi connectivity index (χ3v) is 6.15. The Morgan fingerprint density at radius 1 is 0.429 bits per heavy atom. The highest BCUT2D eigenvalue weighted by Crippen LogP contribution is 2.14. The van der Waals surface area contributed by atoms with Gasteiger partial charge < -0.3 is 4.90 Å². The van der Waals surface area contributed by atoms with Crippen molar-refractivity contribution in [2.45, 2.75) is 143 Å². The van der Waals surface area contributed by atoms with E-state index < -0.39 is 0 Å². The molecule has 0 unspecified atom stereocenters. The normalized spacial score (nSPS) is 11.9. The molecule has 0 aromatic rings. The number of unbranched alkanes of at least 4 members (excludes halogenated alkanes) is 18. The lowest BCUT2D eigenvalue weighted by Gasteiger charge is -2.14. The first-order chi connectivity index (χ1) is 13.8. The molecule has 1 nitrogen and oxygen atoms in total. The zero-order chi connectivity index (χ0) is 20.5. The lowest BCUT2D eigenvalue weighted by atomic mass is 10.0. The number of hydrogen-bond acceptors (Lipinski definition) is 1. The molecule has 28 heavy (non-hydrogen) atoms. The van der Waals surface area contributed by atoms with Gasteiger partial charge in [0.2, 0.25) is 0 Å². The fourth-order valence-corrected chi connectivity index (χ4v) is 3.99. The molecule has 0 aliphatic carbocycles. The Balaban J connectivity index is 3.09. The summed E-state index contributed by atoms with van der Waals surface area (Å²) in [7, 11) is 0. The van der Waals surface area contributed by atoms with Gasteiger partial charge in [-0.15, -0.1) is 0 Å². The smallest absolute Gasteiger partial charge is 0.0162 e. The summed E-state index contributed by atoms with van der Waals surface area (Å²) in [6.07, 6.45) is 32.3. The van der Waals surface area contributed by atoms with E-state index in [0.717, 1.165) is 6.54 Å². The summed E-state index contributed by atoms with van der Waals surface area (Å²) < 4.78 is 0. The van der Waals surface area contributed by atoms with Gasteiger partial charge in [-0.25, -0.2) is 0 Å². The molecule has 0 saturated carbocycles. The van der Waals surface area contributed by atoms with Crippen molar-refractivity contribution in [1.29, 1.82) is 0 Å². The van der Waals surface area contributed by atoms with Crippen LogP contribution in [0.2, 0.25) is 0 Å². The molecule has 0 aromatic carbocycles. The van der Waals surface area contributed by atoms with Crippen molar-refractivity contribution in [3.8, 4) is 0 Å². The molecule has 168 valence electrons. The molecule has 0 rings (SSSR count). The molecular formula is C27H55N. The van der Waals surface area contributed by atoms with E-state index >= 15 is 0 Å². The van der Waals surface area contributed by atoms with Gasteiger partial charge in [0.15, 0.2) is 0 Å². The van der Waals surface area contributed by atoms with Crippen molar-refractivity contribution < 1.29 is 0 Å². The zero-order valence-electron chi connectivity index (χ0n) is 20.2. The highest BCUT2D eigenvalue weighted by Gasteiger charge is 1.95. The first-order valence-electron chi connectivity index (χ1n) is 13.2. The molecule has 0 saturated heterocycles. The maximum absolute atomic E-state index is 2.46.